The number of thiophene rings is 1. The summed E-state index contributed by atoms with van der Waals surface area (Å²) >= 11 is 1.19. The zero-order valence-electron chi connectivity index (χ0n) is 17.7. The maximum Gasteiger partial charge on any atom is 0.341 e. The van der Waals surface area contributed by atoms with Crippen LogP contribution in [0.5, 0.6) is 0 Å². The van der Waals surface area contributed by atoms with Crippen molar-refractivity contribution in [1.82, 2.24) is 4.90 Å². The van der Waals surface area contributed by atoms with Gasteiger partial charge in [-0.25, -0.2) is 4.79 Å². The SMILES string of the molecule is CCOC(=O)c1c(-c2cccc([N+](=O)[O-])c2)csc1NC(=O)C1CCN(CCC#N)CC1. The summed E-state index contributed by atoms with van der Waals surface area (Å²) in [6.07, 6.45) is 1.82. The number of amides is 1. The lowest BCUT2D eigenvalue weighted by molar-refractivity contribution is -0.384. The van der Waals surface area contributed by atoms with Crippen LogP contribution in [0, 0.1) is 27.4 Å². The fourth-order valence-corrected chi connectivity index (χ4v) is 4.66. The first-order valence-corrected chi connectivity index (χ1v) is 11.3. The highest BCUT2D eigenvalue weighted by Gasteiger charge is 2.28. The standard InChI is InChI=1S/C22H24N4O5S/c1-2-31-22(28)19-18(16-5-3-6-17(13-16)26(29)30)14-32-21(19)24-20(27)15-7-11-25(12-8-15)10-4-9-23/h3,5-6,13-15H,2,4,7-8,10-12H2,1H3,(H,24,27). The summed E-state index contributed by atoms with van der Waals surface area (Å²) in [5, 5.41) is 24.8. The first kappa shape index (κ1) is 23.4. The Morgan fingerprint density at radius 2 is 2.12 bits per heavy atom. The molecular formula is C22H24N4O5S. The zero-order valence-corrected chi connectivity index (χ0v) is 18.5. The van der Waals surface area contributed by atoms with Gasteiger partial charge in [-0.05, 0) is 38.4 Å². The van der Waals surface area contributed by atoms with Crippen LogP contribution in [-0.4, -0.2) is 47.9 Å². The number of carbonyl (C=O) groups excluding carboxylic acids is 2. The van der Waals surface area contributed by atoms with Crippen LogP contribution < -0.4 is 5.32 Å². The topological polar surface area (TPSA) is 126 Å². The molecule has 0 spiro atoms. The van der Waals surface area contributed by atoms with Gasteiger partial charge in [0.05, 0.1) is 17.6 Å². The third-order valence-electron chi connectivity index (χ3n) is 5.37. The molecule has 168 valence electrons. The molecule has 0 unspecified atom stereocenters. The molecule has 1 aliphatic heterocycles. The molecule has 2 heterocycles. The zero-order chi connectivity index (χ0) is 23.1. The van der Waals surface area contributed by atoms with Crippen molar-refractivity contribution in [3.05, 3.63) is 45.3 Å². The number of hydrogen-bond acceptors (Lipinski definition) is 8. The Morgan fingerprint density at radius 3 is 2.78 bits per heavy atom. The van der Waals surface area contributed by atoms with E-state index in [0.717, 1.165) is 13.1 Å². The van der Waals surface area contributed by atoms with Crippen molar-refractivity contribution in [2.75, 3.05) is 31.6 Å². The van der Waals surface area contributed by atoms with E-state index in [1.54, 1.807) is 24.4 Å². The number of nitro groups is 1. The number of nitrogens with zero attached hydrogens (tertiary/aromatic N) is 3. The van der Waals surface area contributed by atoms with E-state index in [1.807, 2.05) is 0 Å². The van der Waals surface area contributed by atoms with E-state index in [2.05, 4.69) is 16.3 Å². The van der Waals surface area contributed by atoms with Crippen LogP contribution in [0.4, 0.5) is 10.7 Å². The quantitative estimate of drug-likeness (QED) is 0.360. The number of piperidine rings is 1. The van der Waals surface area contributed by atoms with E-state index >= 15 is 0 Å². The van der Waals surface area contributed by atoms with E-state index in [0.29, 0.717) is 41.9 Å². The van der Waals surface area contributed by atoms with Crippen molar-refractivity contribution in [2.24, 2.45) is 5.92 Å². The van der Waals surface area contributed by atoms with Crippen LogP contribution in [-0.2, 0) is 9.53 Å². The van der Waals surface area contributed by atoms with E-state index < -0.39 is 10.9 Å². The number of esters is 1. The summed E-state index contributed by atoms with van der Waals surface area (Å²) in [6.45, 7) is 4.05. The maximum absolute atomic E-state index is 12.9. The minimum absolute atomic E-state index is 0.0859. The second kappa shape index (κ2) is 10.8. The van der Waals surface area contributed by atoms with Gasteiger partial charge in [0.25, 0.3) is 5.69 Å². The van der Waals surface area contributed by atoms with Crippen molar-refractivity contribution in [2.45, 2.75) is 26.2 Å². The Balaban J connectivity index is 1.81. The van der Waals surface area contributed by atoms with Gasteiger partial charge < -0.3 is 15.0 Å². The number of likely N-dealkylation sites (tertiary alicyclic amines) is 1. The van der Waals surface area contributed by atoms with Crippen LogP contribution in [0.15, 0.2) is 29.6 Å². The summed E-state index contributed by atoms with van der Waals surface area (Å²) in [5.41, 5.74) is 1.11. The van der Waals surface area contributed by atoms with Crippen LogP contribution in [0.3, 0.4) is 0 Å². The van der Waals surface area contributed by atoms with Gasteiger partial charge in [-0.1, -0.05) is 12.1 Å². The monoisotopic (exact) mass is 456 g/mol. The summed E-state index contributed by atoms with van der Waals surface area (Å²) < 4.78 is 5.19. The number of nitriles is 1. The van der Waals surface area contributed by atoms with Crippen molar-refractivity contribution in [3.8, 4) is 17.2 Å². The number of non-ortho nitro benzene ring substituents is 1. The lowest BCUT2D eigenvalue weighted by Crippen LogP contribution is -2.38. The number of nitrogens with one attached hydrogen (secondary N) is 1. The highest BCUT2D eigenvalue weighted by molar-refractivity contribution is 7.15. The Hall–Kier alpha value is -3.29. The Morgan fingerprint density at radius 1 is 1.38 bits per heavy atom. The predicted octanol–water partition coefficient (Wildman–Crippen LogP) is 4.06. The third-order valence-corrected chi connectivity index (χ3v) is 6.27. The van der Waals surface area contributed by atoms with Gasteiger partial charge in [-0.2, -0.15) is 5.26 Å². The van der Waals surface area contributed by atoms with Gasteiger partial charge in [0.2, 0.25) is 5.91 Å². The molecule has 1 aliphatic rings. The third kappa shape index (κ3) is 5.49. The molecule has 3 rings (SSSR count). The Bertz CT molecular complexity index is 1040. The molecule has 0 aliphatic carbocycles. The number of anilines is 1. The van der Waals surface area contributed by atoms with Crippen molar-refractivity contribution in [3.63, 3.8) is 0 Å². The van der Waals surface area contributed by atoms with Crippen molar-refractivity contribution in [1.29, 1.82) is 5.26 Å². The molecule has 9 nitrogen and oxygen atoms in total. The predicted molar refractivity (Wildman–Crippen MR) is 120 cm³/mol. The summed E-state index contributed by atoms with van der Waals surface area (Å²) in [5.74, 6) is -0.938. The first-order chi connectivity index (χ1) is 15.4. The average molecular weight is 457 g/mol. The molecule has 1 aromatic heterocycles. The molecule has 1 amide bonds. The van der Waals surface area contributed by atoms with E-state index in [9.17, 15) is 19.7 Å². The Labute approximate surface area is 189 Å². The van der Waals surface area contributed by atoms with Gasteiger partial charge >= 0.3 is 5.97 Å². The Kier molecular flexibility index (Phi) is 7.92. The van der Waals surface area contributed by atoms with Gasteiger partial charge in [0.15, 0.2) is 0 Å². The fourth-order valence-electron chi connectivity index (χ4n) is 3.70. The molecule has 0 saturated carbocycles. The molecule has 1 saturated heterocycles. The number of ether oxygens (including phenoxy) is 1. The summed E-state index contributed by atoms with van der Waals surface area (Å²) in [7, 11) is 0. The van der Waals surface area contributed by atoms with E-state index in [1.165, 1.54) is 23.5 Å². The highest BCUT2D eigenvalue weighted by Crippen LogP contribution is 2.38. The molecule has 10 heteroatoms. The minimum Gasteiger partial charge on any atom is -0.462 e. The minimum atomic E-state index is -0.586. The smallest absolute Gasteiger partial charge is 0.341 e. The molecule has 1 aromatic carbocycles. The van der Waals surface area contributed by atoms with Crippen molar-refractivity contribution >= 4 is 33.9 Å². The largest absolute Gasteiger partial charge is 0.462 e. The molecule has 32 heavy (non-hydrogen) atoms. The number of rotatable bonds is 8. The van der Waals surface area contributed by atoms with Gasteiger partial charge in [-0.3, -0.25) is 14.9 Å². The number of hydrogen-bond donors (Lipinski definition) is 1. The number of carbonyl (C=O) groups is 2. The first-order valence-electron chi connectivity index (χ1n) is 10.4. The normalized spacial score (nSPS) is 14.5. The average Bonchev–Trinajstić information content (AvgIpc) is 3.21. The number of nitro benzene ring substituents is 1. The highest BCUT2D eigenvalue weighted by atomic mass is 32.1. The van der Waals surface area contributed by atoms with E-state index in [4.69, 9.17) is 10.00 Å². The summed E-state index contributed by atoms with van der Waals surface area (Å²) in [6, 6.07) is 8.15. The summed E-state index contributed by atoms with van der Waals surface area (Å²) in [4.78, 5) is 38.4. The lowest BCUT2D eigenvalue weighted by Gasteiger charge is -2.30. The molecular weight excluding hydrogens is 432 g/mol. The molecule has 2 aromatic rings. The fraction of sp³-hybridized carbons (Fsp3) is 0.409. The van der Waals surface area contributed by atoms with Crippen LogP contribution in [0.1, 0.15) is 36.5 Å². The number of benzene rings is 1. The van der Waals surface area contributed by atoms with Crippen LogP contribution in [0.25, 0.3) is 11.1 Å². The molecule has 1 N–H and O–H groups in total. The lowest BCUT2D eigenvalue weighted by atomic mass is 9.95. The molecule has 0 atom stereocenters. The van der Waals surface area contributed by atoms with Crippen molar-refractivity contribution < 1.29 is 19.2 Å². The second-order valence-corrected chi connectivity index (χ2v) is 8.27. The van der Waals surface area contributed by atoms with Crippen LogP contribution >= 0.6 is 11.3 Å². The molecule has 0 radical (unpaired) electrons. The van der Waals surface area contributed by atoms with Gasteiger partial charge in [0, 0.05) is 42.0 Å². The molecule has 1 fully saturated rings. The van der Waals surface area contributed by atoms with Gasteiger partial charge in [-0.15, -0.1) is 11.3 Å². The second-order valence-electron chi connectivity index (χ2n) is 7.39. The molecule has 0 bridgehead atoms. The maximum atomic E-state index is 12.9. The van der Waals surface area contributed by atoms with Gasteiger partial charge in [0.1, 0.15) is 10.6 Å². The van der Waals surface area contributed by atoms with E-state index in [-0.39, 0.29) is 29.7 Å². The van der Waals surface area contributed by atoms with Crippen LogP contribution in [0.2, 0.25) is 0 Å².